The standard InChI is InChI=1S/C43H45N3O9/c1-42(55-37-16-10-11-27-52-37)38(47)35(54-40(42)46-26-25-36(45-41(46)49)44-39(48)29-12-6-4-7-13-29)28-53-43(30-14-8-5-9-15-30,31-17-21-33(50-2)22-18-31)32-19-23-34(51-3)24-20-32/h4-9,12-15,17-26,35,37-38,40,47H,10-11,16,27-28H2,1-3H3,(H,44,45,48,49)/t35-,37?,38-,40-,42-/m1/s1. The largest absolute Gasteiger partial charge is 0.497 e. The molecule has 12 nitrogen and oxygen atoms in total. The third kappa shape index (κ3) is 7.77. The molecule has 2 saturated heterocycles. The number of aromatic nitrogens is 2. The van der Waals surface area contributed by atoms with E-state index in [1.807, 2.05) is 84.9 Å². The van der Waals surface area contributed by atoms with Crippen molar-refractivity contribution in [2.75, 3.05) is 32.8 Å². The van der Waals surface area contributed by atoms with Crippen LogP contribution in [0.1, 0.15) is 59.5 Å². The van der Waals surface area contributed by atoms with Crippen molar-refractivity contribution in [3.05, 3.63) is 154 Å². The highest BCUT2D eigenvalue weighted by Crippen LogP contribution is 2.46. The minimum absolute atomic E-state index is 0.0680. The topological polar surface area (TPSA) is 140 Å². The first-order valence-corrected chi connectivity index (χ1v) is 18.3. The number of carbonyl (C=O) groups excluding carboxylic acids is 1. The average Bonchev–Trinajstić information content (AvgIpc) is 3.47. The fourth-order valence-corrected chi connectivity index (χ4v) is 7.30. The lowest BCUT2D eigenvalue weighted by atomic mass is 9.80. The summed E-state index contributed by atoms with van der Waals surface area (Å²) in [6.45, 7) is 2.09. The van der Waals surface area contributed by atoms with E-state index in [-0.39, 0.29) is 12.4 Å². The Balaban J connectivity index is 1.24. The van der Waals surface area contributed by atoms with E-state index in [1.165, 1.54) is 16.8 Å². The van der Waals surface area contributed by atoms with Crippen molar-refractivity contribution in [1.82, 2.24) is 9.55 Å². The molecular weight excluding hydrogens is 702 g/mol. The summed E-state index contributed by atoms with van der Waals surface area (Å²) in [5, 5.41) is 14.9. The van der Waals surface area contributed by atoms with Gasteiger partial charge in [-0.05, 0) is 85.3 Å². The number of nitrogens with one attached hydrogen (secondary N) is 1. The number of nitrogens with zero attached hydrogens (tertiary/aromatic N) is 2. The SMILES string of the molecule is COc1ccc(C(OC[C@H]2O[C@@H](n3ccc(NC(=O)c4ccccc4)nc3=O)[C@](C)(OC3CCCCO3)[C@@H]2O)(c2ccccc2)c2ccc(OC)cc2)cc1. The molecular formula is C43H45N3O9. The summed E-state index contributed by atoms with van der Waals surface area (Å²) in [5.41, 5.74) is -0.526. The second kappa shape index (κ2) is 16.6. The smallest absolute Gasteiger partial charge is 0.351 e. The first kappa shape index (κ1) is 37.9. The fourth-order valence-electron chi connectivity index (χ4n) is 7.30. The summed E-state index contributed by atoms with van der Waals surface area (Å²) in [4.78, 5) is 30.7. The maximum atomic E-state index is 13.7. The minimum atomic E-state index is -1.48. The van der Waals surface area contributed by atoms with E-state index in [0.29, 0.717) is 30.1 Å². The Bertz CT molecular complexity index is 2040. The van der Waals surface area contributed by atoms with E-state index in [9.17, 15) is 14.7 Å². The molecule has 2 aliphatic heterocycles. The van der Waals surface area contributed by atoms with E-state index in [1.54, 1.807) is 45.4 Å². The van der Waals surface area contributed by atoms with Crippen molar-refractivity contribution in [3.8, 4) is 11.5 Å². The molecule has 2 N–H and O–H groups in total. The molecule has 12 heteroatoms. The molecule has 1 unspecified atom stereocenters. The lowest BCUT2D eigenvalue weighted by Crippen LogP contribution is -2.51. The number of hydrogen-bond donors (Lipinski definition) is 2. The number of amides is 1. The van der Waals surface area contributed by atoms with Gasteiger partial charge in [0.1, 0.15) is 40.7 Å². The summed E-state index contributed by atoms with van der Waals surface area (Å²) in [6, 6.07) is 35.2. The molecule has 2 aliphatic rings. The number of methoxy groups -OCH3 is 2. The van der Waals surface area contributed by atoms with E-state index >= 15 is 0 Å². The van der Waals surface area contributed by atoms with Crippen LogP contribution in [0.15, 0.2) is 126 Å². The average molecular weight is 748 g/mol. The molecule has 4 aromatic carbocycles. The first-order valence-electron chi connectivity index (χ1n) is 18.3. The van der Waals surface area contributed by atoms with Gasteiger partial charge in [0.25, 0.3) is 5.91 Å². The van der Waals surface area contributed by atoms with Crippen LogP contribution in [0.3, 0.4) is 0 Å². The lowest BCUT2D eigenvalue weighted by Gasteiger charge is -2.38. The normalized spacial score (nSPS) is 22.5. The zero-order valence-corrected chi connectivity index (χ0v) is 31.0. The Hall–Kier alpha value is -5.37. The molecule has 286 valence electrons. The van der Waals surface area contributed by atoms with Gasteiger partial charge in [0.05, 0.1) is 20.8 Å². The Morgan fingerprint density at radius 2 is 1.47 bits per heavy atom. The van der Waals surface area contributed by atoms with Gasteiger partial charge in [-0.2, -0.15) is 4.98 Å². The van der Waals surface area contributed by atoms with Crippen molar-refractivity contribution in [3.63, 3.8) is 0 Å². The van der Waals surface area contributed by atoms with Crippen molar-refractivity contribution in [2.45, 2.75) is 62.1 Å². The number of carbonyl (C=O) groups is 1. The third-order valence-corrected chi connectivity index (χ3v) is 10.3. The molecule has 5 aromatic rings. The molecule has 0 saturated carbocycles. The monoisotopic (exact) mass is 747 g/mol. The molecule has 0 bridgehead atoms. The van der Waals surface area contributed by atoms with Crippen LogP contribution in [0.5, 0.6) is 11.5 Å². The quantitative estimate of drug-likeness (QED) is 0.136. The molecule has 55 heavy (non-hydrogen) atoms. The van der Waals surface area contributed by atoms with Crippen molar-refractivity contribution < 1.29 is 38.3 Å². The van der Waals surface area contributed by atoms with Crippen LogP contribution in [0.4, 0.5) is 5.82 Å². The van der Waals surface area contributed by atoms with Gasteiger partial charge in [0.2, 0.25) is 0 Å². The summed E-state index contributed by atoms with van der Waals surface area (Å²) < 4.78 is 38.4. The van der Waals surface area contributed by atoms with Crippen LogP contribution in [0.25, 0.3) is 0 Å². The Kier molecular flexibility index (Phi) is 11.4. The number of ether oxygens (including phenoxy) is 6. The van der Waals surface area contributed by atoms with E-state index in [2.05, 4.69) is 10.3 Å². The Morgan fingerprint density at radius 1 is 0.873 bits per heavy atom. The van der Waals surface area contributed by atoms with Gasteiger partial charge in [-0.25, -0.2) is 4.79 Å². The van der Waals surface area contributed by atoms with Crippen molar-refractivity contribution >= 4 is 11.7 Å². The van der Waals surface area contributed by atoms with Crippen LogP contribution >= 0.6 is 0 Å². The number of aliphatic hydroxyl groups is 1. The molecule has 0 radical (unpaired) electrons. The number of hydrogen-bond acceptors (Lipinski definition) is 10. The number of benzene rings is 4. The van der Waals surface area contributed by atoms with E-state index < -0.39 is 47.5 Å². The highest BCUT2D eigenvalue weighted by molar-refractivity contribution is 6.03. The predicted octanol–water partition coefficient (Wildman–Crippen LogP) is 6.08. The van der Waals surface area contributed by atoms with Crippen LogP contribution < -0.4 is 20.5 Å². The fraction of sp³-hybridized carbons (Fsp3) is 0.326. The lowest BCUT2D eigenvalue weighted by molar-refractivity contribution is -0.257. The van der Waals surface area contributed by atoms with Gasteiger partial charge in [0.15, 0.2) is 12.5 Å². The molecule has 1 amide bonds. The first-order chi connectivity index (χ1) is 26.7. The Morgan fingerprint density at radius 3 is 2.04 bits per heavy atom. The molecule has 5 atom stereocenters. The third-order valence-electron chi connectivity index (χ3n) is 10.3. The summed E-state index contributed by atoms with van der Waals surface area (Å²) in [7, 11) is 3.22. The predicted molar refractivity (Wildman–Crippen MR) is 204 cm³/mol. The highest BCUT2D eigenvalue weighted by Gasteiger charge is 2.57. The highest BCUT2D eigenvalue weighted by atomic mass is 16.7. The zero-order chi connectivity index (χ0) is 38.4. The molecule has 0 spiro atoms. The van der Waals surface area contributed by atoms with Crippen LogP contribution in [0, 0.1) is 0 Å². The van der Waals surface area contributed by atoms with Gasteiger partial charge in [-0.15, -0.1) is 0 Å². The summed E-state index contributed by atoms with van der Waals surface area (Å²) in [6.07, 6.45) is -0.177. The van der Waals surface area contributed by atoms with E-state index in [0.717, 1.165) is 29.5 Å². The second-order valence-corrected chi connectivity index (χ2v) is 13.7. The van der Waals surface area contributed by atoms with Crippen molar-refractivity contribution in [1.29, 1.82) is 0 Å². The maximum absolute atomic E-state index is 13.7. The minimum Gasteiger partial charge on any atom is -0.497 e. The summed E-state index contributed by atoms with van der Waals surface area (Å²) in [5.74, 6) is 1.02. The maximum Gasteiger partial charge on any atom is 0.351 e. The van der Waals surface area contributed by atoms with Gasteiger partial charge in [0, 0.05) is 18.4 Å². The van der Waals surface area contributed by atoms with Gasteiger partial charge >= 0.3 is 5.69 Å². The Labute approximate surface area is 319 Å². The van der Waals surface area contributed by atoms with Crippen LogP contribution in [-0.2, 0) is 24.5 Å². The molecule has 2 fully saturated rings. The van der Waals surface area contributed by atoms with Gasteiger partial charge < -0.3 is 38.8 Å². The van der Waals surface area contributed by atoms with E-state index in [4.69, 9.17) is 28.4 Å². The van der Waals surface area contributed by atoms with Crippen LogP contribution in [0.2, 0.25) is 0 Å². The molecule has 7 rings (SSSR count). The second-order valence-electron chi connectivity index (χ2n) is 13.7. The van der Waals surface area contributed by atoms with Gasteiger partial charge in [-0.3, -0.25) is 9.36 Å². The summed E-state index contributed by atoms with van der Waals surface area (Å²) >= 11 is 0. The van der Waals surface area contributed by atoms with Crippen molar-refractivity contribution in [2.24, 2.45) is 0 Å². The van der Waals surface area contributed by atoms with Gasteiger partial charge in [-0.1, -0.05) is 72.8 Å². The number of rotatable bonds is 13. The number of anilines is 1. The number of aliphatic hydroxyl groups excluding tert-OH is 1. The van der Waals surface area contributed by atoms with Crippen LogP contribution in [-0.4, -0.2) is 72.1 Å². The molecule has 0 aliphatic carbocycles. The molecule has 1 aromatic heterocycles. The molecule has 3 heterocycles. The zero-order valence-electron chi connectivity index (χ0n) is 31.0.